The highest BCUT2D eigenvalue weighted by Gasteiger charge is 2.74. The van der Waals surface area contributed by atoms with E-state index in [-0.39, 0.29) is 40.9 Å². The molecule has 0 saturated heterocycles. The molecule has 2 spiro atoms. The smallest absolute Gasteiger partial charge is 0.252 e. The van der Waals surface area contributed by atoms with E-state index >= 15 is 4.79 Å². The third-order valence-corrected chi connectivity index (χ3v) is 21.4. The Balaban J connectivity index is 1.04. The number of thiophene rings is 1. The summed E-state index contributed by atoms with van der Waals surface area (Å²) >= 11 is 1.26. The van der Waals surface area contributed by atoms with Crippen molar-refractivity contribution in [3.8, 4) is 11.1 Å². The lowest BCUT2D eigenvalue weighted by Crippen LogP contribution is -2.67. The minimum Gasteiger partial charge on any atom is -0.393 e. The van der Waals surface area contributed by atoms with Crippen LogP contribution in [0.2, 0.25) is 0 Å². The number of aliphatic hydroxyl groups excluding tert-OH is 1. The summed E-state index contributed by atoms with van der Waals surface area (Å²) in [4.78, 5) is 15.2. The van der Waals surface area contributed by atoms with Crippen molar-refractivity contribution in [3.05, 3.63) is 101 Å². The number of benzene rings is 2. The van der Waals surface area contributed by atoms with Gasteiger partial charge in [0.25, 0.3) is 10.0 Å². The van der Waals surface area contributed by atoms with Crippen molar-refractivity contribution in [2.24, 2.45) is 56.7 Å². The predicted molar refractivity (Wildman–Crippen MR) is 226 cm³/mol. The molecule has 1 heterocycles. The van der Waals surface area contributed by atoms with Crippen molar-refractivity contribution >= 4 is 27.1 Å². The molecule has 6 saturated carbocycles. The first-order chi connectivity index (χ1) is 27.1. The Morgan fingerprint density at radius 3 is 2.23 bits per heavy atom. The number of fused-ring (bicyclic) bond motifs is 3. The average molecular weight is 806 g/mol. The number of hydrogen-bond acceptors (Lipinski definition) is 6. The zero-order valence-corrected chi connectivity index (χ0v) is 35.6. The van der Waals surface area contributed by atoms with Gasteiger partial charge in [-0.05, 0) is 127 Å². The van der Waals surface area contributed by atoms with Crippen LogP contribution in [0.1, 0.15) is 102 Å². The van der Waals surface area contributed by atoms with E-state index in [4.69, 9.17) is 0 Å². The summed E-state index contributed by atoms with van der Waals surface area (Å²) in [5.74, 6) is 1.60. The molecule has 1 unspecified atom stereocenters. The molecule has 2 aromatic carbocycles. The number of ketones is 1. The van der Waals surface area contributed by atoms with Crippen LogP contribution in [-0.4, -0.2) is 53.5 Å². The van der Waals surface area contributed by atoms with Crippen LogP contribution in [0.5, 0.6) is 0 Å². The van der Waals surface area contributed by atoms with Crippen LogP contribution in [-0.2, 0) is 10.0 Å². The van der Waals surface area contributed by atoms with Crippen LogP contribution in [0.4, 0.5) is 0 Å². The molecule has 0 amide bonds. The average Bonchev–Trinajstić information content (AvgIpc) is 3.85. The molecule has 0 radical (unpaired) electrons. The van der Waals surface area contributed by atoms with E-state index in [9.17, 15) is 18.6 Å². The maximum Gasteiger partial charge on any atom is 0.252 e. The molecule has 0 aliphatic heterocycles. The summed E-state index contributed by atoms with van der Waals surface area (Å²) in [7, 11) is -3.85. The maximum atomic E-state index is 15.2. The summed E-state index contributed by atoms with van der Waals surface area (Å²) in [6, 6.07) is 21.8. The predicted octanol–water partition coefficient (Wildman–Crippen LogP) is 9.95. The van der Waals surface area contributed by atoms with Gasteiger partial charge in [-0.2, -0.15) is 4.31 Å². The standard InChI is InChI=1S/C49H59NO5S2/c1-44(2)36-17-16-35(38(44)27-36)30-50(57(54,55)42-11-8-26-56-42)31-48(53)23-20-41-46(48,4)22-19-40-45(3)21-18-37(51)28-47(45)24-25-49(40,41)39(29-47)43(52)34-14-12-33(13-15-34)32-9-6-5-7-10-32/h5-15,24-26,29,35-38,40-41,51,53H,16-23,27-28,30-31H2,1-4H3/t35-,36-,37?,38-,40+,41+,45+,46-,47-,48+,49+/m0/s1. The lowest BCUT2D eigenvalue weighted by molar-refractivity contribution is -0.174. The highest BCUT2D eigenvalue weighted by atomic mass is 32.2. The fourth-order valence-corrected chi connectivity index (χ4v) is 17.4. The molecule has 6 fully saturated rings. The second-order valence-electron chi connectivity index (χ2n) is 20.5. The molecule has 4 bridgehead atoms. The fourth-order valence-electron chi connectivity index (χ4n) is 14.7. The second kappa shape index (κ2) is 12.8. The van der Waals surface area contributed by atoms with Gasteiger partial charge in [0.15, 0.2) is 5.78 Å². The summed E-state index contributed by atoms with van der Waals surface area (Å²) in [5, 5.41) is 26.3. The monoisotopic (exact) mass is 805 g/mol. The number of hydrogen-bond donors (Lipinski definition) is 2. The molecule has 302 valence electrons. The highest BCUT2D eigenvalue weighted by molar-refractivity contribution is 7.91. The van der Waals surface area contributed by atoms with E-state index < -0.39 is 38.0 Å². The van der Waals surface area contributed by atoms with Crippen LogP contribution in [0.25, 0.3) is 11.1 Å². The van der Waals surface area contributed by atoms with Gasteiger partial charge in [0.1, 0.15) is 4.21 Å². The highest BCUT2D eigenvalue weighted by Crippen LogP contribution is 2.78. The Kier molecular flexibility index (Phi) is 8.62. The van der Waals surface area contributed by atoms with E-state index in [1.165, 1.54) is 17.8 Å². The Morgan fingerprint density at radius 1 is 0.825 bits per heavy atom. The van der Waals surface area contributed by atoms with Gasteiger partial charge in [-0.25, -0.2) is 8.42 Å². The van der Waals surface area contributed by atoms with Crippen molar-refractivity contribution in [1.82, 2.24) is 4.31 Å². The largest absolute Gasteiger partial charge is 0.393 e. The molecular weight excluding hydrogens is 747 g/mol. The number of sulfonamides is 1. The van der Waals surface area contributed by atoms with Crippen LogP contribution in [0.15, 0.2) is 100 Å². The van der Waals surface area contributed by atoms with Gasteiger partial charge in [-0.3, -0.25) is 4.79 Å². The summed E-state index contributed by atoms with van der Waals surface area (Å²) in [6.07, 6.45) is 14.9. The molecule has 1 aromatic heterocycles. The van der Waals surface area contributed by atoms with Gasteiger partial charge in [-0.15, -0.1) is 11.3 Å². The molecule has 9 aliphatic carbocycles. The van der Waals surface area contributed by atoms with E-state index in [1.54, 1.807) is 10.4 Å². The first kappa shape index (κ1) is 38.3. The minimum atomic E-state index is -3.85. The molecule has 6 nitrogen and oxygen atoms in total. The molecule has 3 aromatic rings. The number of carbonyl (C=O) groups is 1. The Labute approximate surface area is 343 Å². The van der Waals surface area contributed by atoms with E-state index in [2.05, 4.69) is 58.1 Å². The normalized spacial score (nSPS) is 41.1. The molecule has 57 heavy (non-hydrogen) atoms. The van der Waals surface area contributed by atoms with Crippen molar-refractivity contribution in [2.45, 2.75) is 108 Å². The quantitative estimate of drug-likeness (QED) is 0.166. The second-order valence-corrected chi connectivity index (χ2v) is 23.6. The van der Waals surface area contributed by atoms with Crippen LogP contribution >= 0.6 is 11.3 Å². The van der Waals surface area contributed by atoms with E-state index in [1.807, 2.05) is 53.9 Å². The lowest BCUT2D eigenvalue weighted by Gasteiger charge is -2.71. The zero-order valence-electron chi connectivity index (χ0n) is 34.0. The molecule has 11 atom stereocenters. The number of nitrogens with zero attached hydrogens (tertiary/aromatic N) is 1. The number of allylic oxidation sites excluding steroid dienone is 4. The first-order valence-electron chi connectivity index (χ1n) is 21.7. The third-order valence-electron chi connectivity index (χ3n) is 18.2. The summed E-state index contributed by atoms with van der Waals surface area (Å²) < 4.78 is 31.4. The van der Waals surface area contributed by atoms with E-state index in [0.29, 0.717) is 47.4 Å². The van der Waals surface area contributed by atoms with Gasteiger partial charge in [0, 0.05) is 40.5 Å². The molecule has 2 N–H and O–H groups in total. The van der Waals surface area contributed by atoms with Gasteiger partial charge >= 0.3 is 0 Å². The topological polar surface area (TPSA) is 94.9 Å². The Morgan fingerprint density at radius 2 is 1.53 bits per heavy atom. The molecule has 12 rings (SSSR count). The van der Waals surface area contributed by atoms with Gasteiger partial charge in [-0.1, -0.05) is 107 Å². The Hall–Kier alpha value is -2.88. The minimum absolute atomic E-state index is 0.0331. The van der Waals surface area contributed by atoms with Gasteiger partial charge in [0.05, 0.1) is 11.7 Å². The Bertz CT molecular complexity index is 2250. The number of carbonyl (C=O) groups excluding carboxylic acids is 1. The van der Waals surface area contributed by atoms with Crippen LogP contribution < -0.4 is 0 Å². The zero-order chi connectivity index (χ0) is 39.8. The van der Waals surface area contributed by atoms with Crippen molar-refractivity contribution in [1.29, 1.82) is 0 Å². The fraction of sp³-hybridized carbons (Fsp3) is 0.571. The SMILES string of the molecule is CC1(C)[C@H]2CC[C@@H](CN(C[C@]3(O)CC[C@H]4[C@]56C=C[C@@]7(C=C5C(=O)c5ccc(-c8ccccc8)cc5)CC(O)CC[C@]7(C)[C@H]6CC[C@@]43C)S(=O)(=O)c3cccs3)[C@@H]1C2. The summed E-state index contributed by atoms with van der Waals surface area (Å²) in [5.41, 5.74) is 0.767. The van der Waals surface area contributed by atoms with Crippen molar-refractivity contribution in [2.75, 3.05) is 13.1 Å². The van der Waals surface area contributed by atoms with Gasteiger partial charge < -0.3 is 10.2 Å². The number of aliphatic hydroxyl groups is 2. The van der Waals surface area contributed by atoms with Crippen LogP contribution in [0, 0.1) is 56.7 Å². The molecular formula is C49H59NO5S2. The first-order valence-corrected chi connectivity index (χ1v) is 24.0. The van der Waals surface area contributed by atoms with Crippen molar-refractivity contribution in [3.63, 3.8) is 0 Å². The summed E-state index contributed by atoms with van der Waals surface area (Å²) in [6.45, 7) is 9.85. The van der Waals surface area contributed by atoms with Crippen LogP contribution in [0.3, 0.4) is 0 Å². The lowest BCUT2D eigenvalue weighted by atomic mass is 9.32. The molecule has 9 aliphatic rings. The number of Topliss-reactive ketones (excluding diaryl/α,β-unsaturated/α-hetero) is 1. The van der Waals surface area contributed by atoms with E-state index in [0.717, 1.165) is 55.2 Å². The van der Waals surface area contributed by atoms with Gasteiger partial charge in [0.2, 0.25) is 0 Å². The third kappa shape index (κ3) is 5.22. The number of rotatable bonds is 9. The maximum absolute atomic E-state index is 15.2. The molecule has 8 heteroatoms. The van der Waals surface area contributed by atoms with Crippen molar-refractivity contribution < 1.29 is 23.4 Å².